The number of nitrogens with zero attached hydrogens (tertiary/aromatic N) is 2. The second kappa shape index (κ2) is 33.6. The summed E-state index contributed by atoms with van der Waals surface area (Å²) in [6.45, 7) is 21.6. The molecule has 0 spiro atoms. The Hall–Kier alpha value is -2.78. The SMILES string of the molecule is C=CC(=O)NC(C(C)C)S(=O)(=O)[O-].C=CC(=O)NCCCCCCCC.C=CC(N)=O.C=CN1CCCC1=O.CC(=O)N(C)C.[Na+]. The van der Waals surface area contributed by atoms with Crippen molar-refractivity contribution >= 4 is 39.7 Å². The Bertz CT molecular complexity index is 1030. The van der Waals surface area contributed by atoms with Crippen LogP contribution < -0.4 is 45.9 Å². The second-order valence-corrected chi connectivity index (χ2v) is 11.5. The standard InChI is InChI=1S/C11H21NO.C7H13NO4S.C6H9NO.C4H9NO.C3H5NO.Na/c1-3-5-6-7-8-9-10-12-11(13)4-2;1-4-6(9)8-7(5(2)3)13(10,11)12;1-2-7-5-3-4-6(7)8;1-4(6)5(2)3;1-2-3(4)5;/h4H,2-3,5-10H2,1H3,(H,12,13);4-5,7H,1H2,2-3H3,(H,8,9)(H,10,11,12);2H,1,3-5H2;1-3H3;2H,1H2,(H2,4,5);/q;;;;;+1/p-1. The normalized spacial score (nSPS) is 11.7. The zero-order chi connectivity index (χ0) is 36.0. The maximum absolute atomic E-state index is 10.7. The van der Waals surface area contributed by atoms with Crippen LogP contribution in [0.25, 0.3) is 0 Å². The van der Waals surface area contributed by atoms with E-state index in [1.54, 1.807) is 25.2 Å². The number of amides is 5. The van der Waals surface area contributed by atoms with Gasteiger partial charge in [-0.15, -0.1) is 0 Å². The Morgan fingerprint density at radius 1 is 0.978 bits per heavy atom. The van der Waals surface area contributed by atoms with Crippen molar-refractivity contribution < 1.29 is 66.5 Å². The minimum absolute atomic E-state index is 0. The molecule has 0 aromatic rings. The second-order valence-electron chi connectivity index (χ2n) is 10.0. The van der Waals surface area contributed by atoms with Crippen molar-refractivity contribution in [3.8, 4) is 0 Å². The molecule has 0 aromatic heterocycles. The van der Waals surface area contributed by atoms with Crippen LogP contribution in [0.4, 0.5) is 0 Å². The molecule has 46 heavy (non-hydrogen) atoms. The molecule has 1 aliphatic rings. The first-order valence-electron chi connectivity index (χ1n) is 14.7. The predicted octanol–water partition coefficient (Wildman–Crippen LogP) is -0.0265. The number of rotatable bonds is 14. The third kappa shape index (κ3) is 37.4. The zero-order valence-electron chi connectivity index (χ0n) is 29.0. The van der Waals surface area contributed by atoms with Gasteiger partial charge in [-0.1, -0.05) is 79.2 Å². The van der Waals surface area contributed by atoms with Crippen molar-refractivity contribution in [2.75, 3.05) is 27.2 Å². The molecule has 1 unspecified atom stereocenters. The number of nitrogens with one attached hydrogen (secondary N) is 2. The zero-order valence-corrected chi connectivity index (χ0v) is 31.8. The van der Waals surface area contributed by atoms with Crippen LogP contribution in [0.2, 0.25) is 0 Å². The van der Waals surface area contributed by atoms with Gasteiger partial charge in [-0.3, -0.25) is 24.0 Å². The Morgan fingerprint density at radius 3 is 1.72 bits per heavy atom. The first-order chi connectivity index (χ1) is 20.8. The van der Waals surface area contributed by atoms with Crippen molar-refractivity contribution in [1.29, 1.82) is 0 Å². The molecule has 0 radical (unpaired) electrons. The van der Waals surface area contributed by atoms with Gasteiger partial charge in [0.15, 0.2) is 0 Å². The summed E-state index contributed by atoms with van der Waals surface area (Å²) in [6.07, 6.45) is 14.1. The first kappa shape index (κ1) is 52.7. The molecule has 1 aliphatic heterocycles. The van der Waals surface area contributed by atoms with E-state index in [-0.39, 0.29) is 47.3 Å². The Kier molecular flexibility index (Phi) is 38.5. The number of primary amides is 1. The molecule has 1 heterocycles. The summed E-state index contributed by atoms with van der Waals surface area (Å²) in [5.74, 6) is -1.38. The van der Waals surface area contributed by atoms with Gasteiger partial charge in [0.1, 0.15) is 15.5 Å². The molecular formula is C31H56N5NaO8S. The Labute approximate surface area is 299 Å². The first-order valence-corrected chi connectivity index (χ1v) is 16.1. The minimum atomic E-state index is -4.50. The van der Waals surface area contributed by atoms with Crippen molar-refractivity contribution in [1.82, 2.24) is 20.4 Å². The molecule has 0 aromatic carbocycles. The summed E-state index contributed by atoms with van der Waals surface area (Å²) in [5, 5.41) is 3.42. The van der Waals surface area contributed by atoms with Crippen LogP contribution in [-0.2, 0) is 34.1 Å². The van der Waals surface area contributed by atoms with Gasteiger partial charge in [0.05, 0.1) is 0 Å². The number of carbonyl (C=O) groups excluding carboxylic acids is 5. The fourth-order valence-corrected chi connectivity index (χ4v) is 3.75. The third-order valence-corrected chi connectivity index (χ3v) is 6.85. The van der Waals surface area contributed by atoms with E-state index in [9.17, 15) is 36.9 Å². The molecule has 1 saturated heterocycles. The summed E-state index contributed by atoms with van der Waals surface area (Å²) >= 11 is 0. The molecule has 1 rings (SSSR count). The van der Waals surface area contributed by atoms with Gasteiger partial charge < -0.3 is 30.7 Å². The summed E-state index contributed by atoms with van der Waals surface area (Å²) in [5.41, 5.74) is 4.53. The van der Waals surface area contributed by atoms with Gasteiger partial charge in [-0.05, 0) is 43.2 Å². The molecular weight excluding hydrogens is 625 g/mol. The van der Waals surface area contributed by atoms with E-state index < -0.39 is 33.2 Å². The largest absolute Gasteiger partial charge is 1.00 e. The van der Waals surface area contributed by atoms with E-state index in [4.69, 9.17) is 0 Å². The van der Waals surface area contributed by atoms with E-state index in [2.05, 4.69) is 44.3 Å². The number of carbonyl (C=O) groups is 5. The summed E-state index contributed by atoms with van der Waals surface area (Å²) in [4.78, 5) is 54.8. The minimum Gasteiger partial charge on any atom is -0.746 e. The van der Waals surface area contributed by atoms with Gasteiger partial charge in [0.2, 0.25) is 29.5 Å². The third-order valence-electron chi connectivity index (χ3n) is 5.56. The van der Waals surface area contributed by atoms with E-state index >= 15 is 0 Å². The topological polar surface area (TPSA) is 199 Å². The maximum Gasteiger partial charge on any atom is 1.00 e. The van der Waals surface area contributed by atoms with Crippen LogP contribution in [0.1, 0.15) is 79.1 Å². The van der Waals surface area contributed by atoms with Crippen LogP contribution in [0.15, 0.2) is 50.7 Å². The predicted molar refractivity (Wildman–Crippen MR) is 178 cm³/mol. The Balaban J connectivity index is -0.000000159. The van der Waals surface area contributed by atoms with Gasteiger partial charge in [0.25, 0.3) is 0 Å². The summed E-state index contributed by atoms with van der Waals surface area (Å²) in [6, 6.07) is 0. The number of likely N-dealkylation sites (tertiary alicyclic amines) is 1. The van der Waals surface area contributed by atoms with Gasteiger partial charge in [-0.25, -0.2) is 8.42 Å². The van der Waals surface area contributed by atoms with E-state index in [1.165, 1.54) is 63.9 Å². The van der Waals surface area contributed by atoms with Gasteiger partial charge >= 0.3 is 29.6 Å². The van der Waals surface area contributed by atoms with Crippen LogP contribution >= 0.6 is 0 Å². The smallest absolute Gasteiger partial charge is 0.746 e. The molecule has 0 bridgehead atoms. The number of unbranched alkanes of at least 4 members (excludes halogenated alkanes) is 5. The number of nitrogens with two attached hydrogens (primary N) is 1. The maximum atomic E-state index is 10.7. The molecule has 5 amide bonds. The molecule has 13 nitrogen and oxygen atoms in total. The van der Waals surface area contributed by atoms with E-state index in [1.807, 2.05) is 5.32 Å². The number of hydrogen-bond acceptors (Lipinski definition) is 8. The van der Waals surface area contributed by atoms with Crippen molar-refractivity contribution in [2.24, 2.45) is 11.7 Å². The molecule has 0 aliphatic carbocycles. The van der Waals surface area contributed by atoms with Crippen molar-refractivity contribution in [2.45, 2.75) is 84.4 Å². The van der Waals surface area contributed by atoms with Crippen LogP contribution in [0.5, 0.6) is 0 Å². The van der Waals surface area contributed by atoms with E-state index in [0.717, 1.165) is 38.1 Å². The average molecular weight is 682 g/mol. The molecule has 0 saturated carbocycles. The monoisotopic (exact) mass is 681 g/mol. The van der Waals surface area contributed by atoms with Crippen molar-refractivity contribution in [3.05, 3.63) is 50.7 Å². The molecule has 1 fully saturated rings. The van der Waals surface area contributed by atoms with Gasteiger partial charge in [0, 0.05) is 40.5 Å². The van der Waals surface area contributed by atoms with Crippen LogP contribution in [0, 0.1) is 5.92 Å². The summed E-state index contributed by atoms with van der Waals surface area (Å²) in [7, 11) is -1.05. The quantitative estimate of drug-likeness (QED) is 0.0983. The van der Waals surface area contributed by atoms with Crippen LogP contribution in [-0.4, -0.2) is 84.9 Å². The molecule has 4 N–H and O–H groups in total. The molecule has 15 heteroatoms. The van der Waals surface area contributed by atoms with Crippen LogP contribution in [0.3, 0.4) is 0 Å². The van der Waals surface area contributed by atoms with Crippen molar-refractivity contribution in [3.63, 3.8) is 0 Å². The summed E-state index contributed by atoms with van der Waals surface area (Å²) < 4.78 is 31.9. The fourth-order valence-electron chi connectivity index (χ4n) is 2.82. The van der Waals surface area contributed by atoms with E-state index in [0.29, 0.717) is 6.42 Å². The number of hydrogen-bond donors (Lipinski definition) is 3. The molecule has 1 atom stereocenters. The Morgan fingerprint density at radius 2 is 1.43 bits per heavy atom. The average Bonchev–Trinajstić information content (AvgIpc) is 3.40. The molecule has 260 valence electrons. The fraction of sp³-hybridized carbons (Fsp3) is 0.581. The van der Waals surface area contributed by atoms with Gasteiger partial charge in [-0.2, -0.15) is 0 Å².